The minimum Gasteiger partial charge on any atom is -0.370 e. The van der Waals surface area contributed by atoms with Gasteiger partial charge in [-0.25, -0.2) is 8.78 Å². The Hall–Kier alpha value is -1.24. The molecule has 0 saturated carbocycles. The lowest BCUT2D eigenvalue weighted by Gasteiger charge is -2.38. The van der Waals surface area contributed by atoms with Gasteiger partial charge in [-0.3, -0.25) is 4.79 Å². The molecule has 0 spiro atoms. The van der Waals surface area contributed by atoms with Gasteiger partial charge in [0.05, 0.1) is 13.2 Å². The fraction of sp³-hybridized carbons (Fsp3) is 0.562. The molecule has 2 saturated heterocycles. The number of carbonyl (C=O) groups excluding carboxylic acids is 1. The second-order valence-corrected chi connectivity index (χ2v) is 6.02. The molecule has 0 aromatic heterocycles. The summed E-state index contributed by atoms with van der Waals surface area (Å²) in [5.74, 6) is -1.29. The van der Waals surface area contributed by atoms with Crippen LogP contribution in [0, 0.1) is 23.5 Å². The monoisotopic (exact) mass is 346 g/mol. The maximum atomic E-state index is 13.4. The summed E-state index contributed by atoms with van der Waals surface area (Å²) in [6.07, 6.45) is -0.403. The Balaban J connectivity index is 0.00000192. The summed E-state index contributed by atoms with van der Waals surface area (Å²) >= 11 is 0. The van der Waals surface area contributed by atoms with Gasteiger partial charge in [0.2, 0.25) is 5.91 Å². The third-order valence-electron chi connectivity index (χ3n) is 4.60. The maximum Gasteiger partial charge on any atom is 0.225 e. The summed E-state index contributed by atoms with van der Waals surface area (Å²) in [5, 5.41) is 3.17. The van der Waals surface area contributed by atoms with E-state index in [-0.39, 0.29) is 24.2 Å². The van der Waals surface area contributed by atoms with Crippen LogP contribution in [0.15, 0.2) is 18.2 Å². The Kier molecular flexibility index (Phi) is 5.95. The summed E-state index contributed by atoms with van der Waals surface area (Å²) in [7, 11) is 0. The Labute approximate surface area is 140 Å². The van der Waals surface area contributed by atoms with Gasteiger partial charge in [0.1, 0.15) is 6.10 Å². The molecule has 1 aromatic carbocycles. The van der Waals surface area contributed by atoms with Crippen molar-refractivity contribution in [1.29, 1.82) is 0 Å². The topological polar surface area (TPSA) is 41.6 Å². The number of nitrogens with one attached hydrogen (secondary N) is 1. The minimum absolute atomic E-state index is 0. The molecule has 1 N–H and O–H groups in total. The quantitative estimate of drug-likeness (QED) is 0.911. The lowest BCUT2D eigenvalue weighted by Crippen LogP contribution is -2.52. The van der Waals surface area contributed by atoms with E-state index in [2.05, 4.69) is 5.32 Å². The van der Waals surface area contributed by atoms with E-state index in [1.54, 1.807) is 4.90 Å². The first-order valence-electron chi connectivity index (χ1n) is 7.62. The van der Waals surface area contributed by atoms with Crippen LogP contribution in [-0.2, 0) is 9.53 Å². The average Bonchev–Trinajstić information content (AvgIpc) is 2.47. The zero-order chi connectivity index (χ0) is 15.7. The van der Waals surface area contributed by atoms with Crippen LogP contribution in [0.1, 0.15) is 18.6 Å². The zero-order valence-electron chi connectivity index (χ0n) is 12.9. The van der Waals surface area contributed by atoms with E-state index in [1.807, 2.05) is 6.92 Å². The molecule has 0 aliphatic carbocycles. The lowest BCUT2D eigenvalue weighted by atomic mass is 9.87. The molecule has 23 heavy (non-hydrogen) atoms. The highest BCUT2D eigenvalue weighted by Gasteiger charge is 2.34. The van der Waals surface area contributed by atoms with Crippen LogP contribution in [0.4, 0.5) is 8.78 Å². The van der Waals surface area contributed by atoms with Gasteiger partial charge in [-0.1, -0.05) is 13.0 Å². The van der Waals surface area contributed by atoms with Crippen LogP contribution >= 0.6 is 12.4 Å². The molecule has 3 rings (SSSR count). The molecular formula is C16H21ClF2N2O2. The van der Waals surface area contributed by atoms with E-state index in [4.69, 9.17) is 4.74 Å². The van der Waals surface area contributed by atoms with Crippen molar-refractivity contribution in [1.82, 2.24) is 10.2 Å². The van der Waals surface area contributed by atoms with Gasteiger partial charge in [0, 0.05) is 12.5 Å². The number of nitrogens with zero attached hydrogens (tertiary/aromatic N) is 1. The van der Waals surface area contributed by atoms with Crippen LogP contribution in [0.25, 0.3) is 0 Å². The van der Waals surface area contributed by atoms with E-state index in [1.165, 1.54) is 6.07 Å². The first kappa shape index (κ1) is 18.1. The second kappa shape index (κ2) is 7.55. The summed E-state index contributed by atoms with van der Waals surface area (Å²) < 4.78 is 32.0. The Morgan fingerprint density at radius 2 is 2.09 bits per heavy atom. The molecule has 0 radical (unpaired) electrons. The molecule has 0 bridgehead atoms. The molecule has 2 fully saturated rings. The van der Waals surface area contributed by atoms with Gasteiger partial charge >= 0.3 is 0 Å². The molecule has 1 amide bonds. The summed E-state index contributed by atoms with van der Waals surface area (Å²) in [6.45, 7) is 5.05. The average molecular weight is 347 g/mol. The molecule has 2 heterocycles. The molecular weight excluding hydrogens is 326 g/mol. The second-order valence-electron chi connectivity index (χ2n) is 6.02. The number of carbonyl (C=O) groups is 1. The van der Waals surface area contributed by atoms with Gasteiger partial charge in [-0.05, 0) is 36.7 Å². The van der Waals surface area contributed by atoms with Gasteiger partial charge in [-0.15, -0.1) is 12.4 Å². The molecule has 2 atom stereocenters. The lowest BCUT2D eigenvalue weighted by molar-refractivity contribution is -0.145. The van der Waals surface area contributed by atoms with E-state index < -0.39 is 17.7 Å². The van der Waals surface area contributed by atoms with Crippen molar-refractivity contribution < 1.29 is 18.3 Å². The molecule has 7 heteroatoms. The SMILES string of the molecule is CC(C(=O)N1CCOC(c2ccc(F)c(F)c2)C1)C1CNC1.Cl. The highest BCUT2D eigenvalue weighted by molar-refractivity contribution is 5.85. The zero-order valence-corrected chi connectivity index (χ0v) is 13.7. The van der Waals surface area contributed by atoms with Gasteiger partial charge in [-0.2, -0.15) is 0 Å². The van der Waals surface area contributed by atoms with Crippen molar-refractivity contribution in [3.63, 3.8) is 0 Å². The van der Waals surface area contributed by atoms with Crippen LogP contribution in [0.3, 0.4) is 0 Å². The molecule has 128 valence electrons. The van der Waals surface area contributed by atoms with Crippen molar-refractivity contribution >= 4 is 18.3 Å². The third kappa shape index (κ3) is 3.82. The molecule has 4 nitrogen and oxygen atoms in total. The third-order valence-corrected chi connectivity index (χ3v) is 4.60. The van der Waals surface area contributed by atoms with Crippen molar-refractivity contribution in [2.24, 2.45) is 11.8 Å². The fourth-order valence-corrected chi connectivity index (χ4v) is 2.92. The molecule has 2 aliphatic heterocycles. The number of hydrogen-bond acceptors (Lipinski definition) is 3. The number of rotatable bonds is 3. The van der Waals surface area contributed by atoms with E-state index in [0.29, 0.717) is 31.2 Å². The predicted molar refractivity (Wildman–Crippen MR) is 84.4 cm³/mol. The highest BCUT2D eigenvalue weighted by atomic mass is 35.5. The van der Waals surface area contributed by atoms with E-state index >= 15 is 0 Å². The number of amides is 1. The maximum absolute atomic E-state index is 13.4. The van der Waals surface area contributed by atoms with E-state index in [0.717, 1.165) is 25.2 Å². The summed E-state index contributed by atoms with van der Waals surface area (Å²) in [4.78, 5) is 14.3. The van der Waals surface area contributed by atoms with E-state index in [9.17, 15) is 13.6 Å². The summed E-state index contributed by atoms with van der Waals surface area (Å²) in [6, 6.07) is 3.75. The van der Waals surface area contributed by atoms with Crippen LogP contribution in [-0.4, -0.2) is 43.6 Å². The summed E-state index contributed by atoms with van der Waals surface area (Å²) in [5.41, 5.74) is 0.564. The fourth-order valence-electron chi connectivity index (χ4n) is 2.92. The number of ether oxygens (including phenoxy) is 1. The largest absolute Gasteiger partial charge is 0.370 e. The first-order valence-corrected chi connectivity index (χ1v) is 7.62. The Bertz CT molecular complexity index is 569. The van der Waals surface area contributed by atoms with Crippen molar-refractivity contribution in [2.75, 3.05) is 32.8 Å². The number of hydrogen-bond donors (Lipinski definition) is 1. The van der Waals surface area contributed by atoms with Crippen LogP contribution in [0.2, 0.25) is 0 Å². The van der Waals surface area contributed by atoms with Crippen molar-refractivity contribution in [2.45, 2.75) is 13.0 Å². The first-order chi connectivity index (χ1) is 10.6. The normalized spacial score (nSPS) is 22.9. The standard InChI is InChI=1S/C16H20F2N2O2.ClH/c1-10(12-7-19-8-12)16(21)20-4-5-22-15(9-20)11-2-3-13(17)14(18)6-11;/h2-3,6,10,12,15,19H,4-5,7-9H2,1H3;1H. The Morgan fingerprint density at radius 3 is 2.70 bits per heavy atom. The minimum atomic E-state index is -0.890. The van der Waals surface area contributed by atoms with Gasteiger partial charge < -0.3 is 15.0 Å². The highest BCUT2D eigenvalue weighted by Crippen LogP contribution is 2.26. The number of benzene rings is 1. The van der Waals surface area contributed by atoms with Crippen molar-refractivity contribution in [3.8, 4) is 0 Å². The van der Waals surface area contributed by atoms with Crippen LogP contribution < -0.4 is 5.32 Å². The molecule has 2 unspecified atom stereocenters. The van der Waals surface area contributed by atoms with Crippen LogP contribution in [0.5, 0.6) is 0 Å². The number of halogens is 3. The Morgan fingerprint density at radius 1 is 1.35 bits per heavy atom. The van der Waals surface area contributed by atoms with Gasteiger partial charge in [0.25, 0.3) is 0 Å². The smallest absolute Gasteiger partial charge is 0.225 e. The number of morpholine rings is 1. The van der Waals surface area contributed by atoms with Crippen molar-refractivity contribution in [3.05, 3.63) is 35.4 Å². The molecule has 2 aliphatic rings. The predicted octanol–water partition coefficient (Wildman–Crippen LogP) is 2.14. The molecule has 1 aromatic rings. The van der Waals surface area contributed by atoms with Gasteiger partial charge in [0.15, 0.2) is 11.6 Å².